The standard InChI is InChI=1S/C17H29NO/c1-4-14-5-7-16(13-18,8-6-14)17(19)11-9-15(2,3)10-12-17/h14,19H,4-12H2,1-3H3. The molecule has 0 saturated heterocycles. The molecule has 2 nitrogen and oxygen atoms in total. The summed E-state index contributed by atoms with van der Waals surface area (Å²) >= 11 is 0. The lowest BCUT2D eigenvalue weighted by Crippen LogP contribution is -2.52. The molecule has 2 saturated carbocycles. The van der Waals surface area contributed by atoms with Crippen LogP contribution in [0, 0.1) is 28.1 Å². The van der Waals surface area contributed by atoms with E-state index >= 15 is 0 Å². The zero-order valence-electron chi connectivity index (χ0n) is 12.8. The van der Waals surface area contributed by atoms with E-state index in [2.05, 4.69) is 26.8 Å². The summed E-state index contributed by atoms with van der Waals surface area (Å²) in [4.78, 5) is 0. The van der Waals surface area contributed by atoms with Gasteiger partial charge in [-0.1, -0.05) is 27.2 Å². The second kappa shape index (κ2) is 5.09. The Hall–Kier alpha value is -0.550. The number of nitrogens with zero attached hydrogens (tertiary/aromatic N) is 1. The van der Waals surface area contributed by atoms with Crippen molar-refractivity contribution in [2.45, 2.75) is 84.2 Å². The maximum absolute atomic E-state index is 11.1. The fourth-order valence-corrected chi connectivity index (χ4v) is 4.08. The van der Waals surface area contributed by atoms with Gasteiger partial charge in [-0.3, -0.25) is 0 Å². The van der Waals surface area contributed by atoms with E-state index in [1.807, 2.05) is 0 Å². The van der Waals surface area contributed by atoms with Gasteiger partial charge in [0, 0.05) is 0 Å². The molecule has 0 bridgehead atoms. The normalized spacial score (nSPS) is 37.5. The fourth-order valence-electron chi connectivity index (χ4n) is 4.08. The average Bonchev–Trinajstić information content (AvgIpc) is 2.42. The predicted octanol–water partition coefficient (Wildman–Crippen LogP) is 4.43. The molecule has 0 aromatic rings. The molecule has 2 rings (SSSR count). The van der Waals surface area contributed by atoms with E-state index in [0.717, 1.165) is 57.3 Å². The molecule has 0 amide bonds. The summed E-state index contributed by atoms with van der Waals surface area (Å²) in [5, 5.41) is 20.9. The summed E-state index contributed by atoms with van der Waals surface area (Å²) < 4.78 is 0. The Bertz CT molecular complexity index is 348. The van der Waals surface area contributed by atoms with Gasteiger partial charge < -0.3 is 5.11 Å². The van der Waals surface area contributed by atoms with E-state index < -0.39 is 11.0 Å². The number of rotatable bonds is 2. The summed E-state index contributed by atoms with van der Waals surface area (Å²) in [6.07, 6.45) is 8.97. The summed E-state index contributed by atoms with van der Waals surface area (Å²) in [5.41, 5.74) is -0.853. The predicted molar refractivity (Wildman–Crippen MR) is 77.5 cm³/mol. The molecule has 0 aromatic carbocycles. The first-order chi connectivity index (χ1) is 8.86. The van der Waals surface area contributed by atoms with Gasteiger partial charge in [0.25, 0.3) is 0 Å². The van der Waals surface area contributed by atoms with Crippen molar-refractivity contribution in [2.24, 2.45) is 16.7 Å². The molecule has 0 aliphatic heterocycles. The van der Waals surface area contributed by atoms with E-state index in [1.54, 1.807) is 0 Å². The van der Waals surface area contributed by atoms with Crippen LogP contribution in [0.5, 0.6) is 0 Å². The van der Waals surface area contributed by atoms with Crippen LogP contribution in [0.2, 0.25) is 0 Å². The van der Waals surface area contributed by atoms with Crippen molar-refractivity contribution in [3.8, 4) is 6.07 Å². The van der Waals surface area contributed by atoms with Gasteiger partial charge in [0.2, 0.25) is 0 Å². The van der Waals surface area contributed by atoms with Gasteiger partial charge in [-0.2, -0.15) is 5.26 Å². The first-order valence-electron chi connectivity index (χ1n) is 8.00. The van der Waals surface area contributed by atoms with Gasteiger partial charge in [-0.15, -0.1) is 0 Å². The molecule has 0 heterocycles. The third-order valence-corrected chi connectivity index (χ3v) is 6.07. The maximum Gasteiger partial charge on any atom is 0.0860 e. The molecule has 0 atom stereocenters. The summed E-state index contributed by atoms with van der Waals surface area (Å²) in [5.74, 6) is 0.769. The molecule has 2 fully saturated rings. The summed E-state index contributed by atoms with van der Waals surface area (Å²) in [7, 11) is 0. The van der Waals surface area contributed by atoms with Crippen molar-refractivity contribution < 1.29 is 5.11 Å². The fraction of sp³-hybridized carbons (Fsp3) is 0.941. The van der Waals surface area contributed by atoms with Gasteiger partial charge in [0.15, 0.2) is 0 Å². The lowest BCUT2D eigenvalue weighted by molar-refractivity contribution is -0.118. The molecule has 2 heteroatoms. The van der Waals surface area contributed by atoms with Crippen LogP contribution in [-0.4, -0.2) is 10.7 Å². The number of nitriles is 1. The highest BCUT2D eigenvalue weighted by atomic mass is 16.3. The van der Waals surface area contributed by atoms with Crippen LogP contribution in [0.3, 0.4) is 0 Å². The van der Waals surface area contributed by atoms with Crippen LogP contribution in [0.1, 0.15) is 78.6 Å². The van der Waals surface area contributed by atoms with E-state index in [1.165, 1.54) is 6.42 Å². The lowest BCUT2D eigenvalue weighted by Gasteiger charge is -2.51. The van der Waals surface area contributed by atoms with Crippen molar-refractivity contribution in [1.29, 1.82) is 5.26 Å². The van der Waals surface area contributed by atoms with Gasteiger partial charge in [-0.05, 0) is 62.7 Å². The van der Waals surface area contributed by atoms with Crippen LogP contribution < -0.4 is 0 Å². The molecule has 1 N–H and O–H groups in total. The monoisotopic (exact) mass is 263 g/mol. The quantitative estimate of drug-likeness (QED) is 0.801. The zero-order chi connectivity index (χ0) is 14.1. The highest BCUT2D eigenvalue weighted by Crippen LogP contribution is 2.54. The second-order valence-electron chi connectivity index (χ2n) is 7.74. The molecular formula is C17H29NO. The van der Waals surface area contributed by atoms with Crippen LogP contribution in [-0.2, 0) is 0 Å². The summed E-state index contributed by atoms with van der Waals surface area (Å²) in [6, 6.07) is 2.55. The summed E-state index contributed by atoms with van der Waals surface area (Å²) in [6.45, 7) is 6.79. The Kier molecular flexibility index (Phi) is 3.98. The van der Waals surface area contributed by atoms with Crippen LogP contribution in [0.25, 0.3) is 0 Å². The Morgan fingerprint density at radius 1 is 1.05 bits per heavy atom. The highest BCUT2D eigenvalue weighted by Gasteiger charge is 2.53. The zero-order valence-corrected chi connectivity index (χ0v) is 12.8. The molecule has 0 radical (unpaired) electrons. The number of hydrogen-bond donors (Lipinski definition) is 1. The first-order valence-corrected chi connectivity index (χ1v) is 8.00. The topological polar surface area (TPSA) is 44.0 Å². The molecule has 0 unspecified atom stereocenters. The smallest absolute Gasteiger partial charge is 0.0860 e. The van der Waals surface area contributed by atoms with Crippen molar-refractivity contribution in [1.82, 2.24) is 0 Å². The Balaban J connectivity index is 2.12. The van der Waals surface area contributed by atoms with Crippen LogP contribution in [0.15, 0.2) is 0 Å². The number of hydrogen-bond acceptors (Lipinski definition) is 2. The average molecular weight is 263 g/mol. The largest absolute Gasteiger partial charge is 0.388 e. The van der Waals surface area contributed by atoms with Gasteiger partial charge in [-0.25, -0.2) is 0 Å². The number of aliphatic hydroxyl groups is 1. The van der Waals surface area contributed by atoms with Crippen LogP contribution in [0.4, 0.5) is 0 Å². The van der Waals surface area contributed by atoms with Crippen LogP contribution >= 0.6 is 0 Å². The Morgan fingerprint density at radius 2 is 1.58 bits per heavy atom. The molecule has 2 aliphatic carbocycles. The minimum Gasteiger partial charge on any atom is -0.388 e. The van der Waals surface area contributed by atoms with E-state index in [4.69, 9.17) is 0 Å². The van der Waals surface area contributed by atoms with Crippen molar-refractivity contribution >= 4 is 0 Å². The second-order valence-corrected chi connectivity index (χ2v) is 7.74. The molecule has 0 aromatic heterocycles. The first kappa shape index (κ1) is 14.9. The highest BCUT2D eigenvalue weighted by molar-refractivity contribution is 5.14. The van der Waals surface area contributed by atoms with E-state index in [0.29, 0.717) is 5.41 Å². The molecule has 19 heavy (non-hydrogen) atoms. The van der Waals surface area contributed by atoms with Crippen molar-refractivity contribution in [3.05, 3.63) is 0 Å². The van der Waals surface area contributed by atoms with E-state index in [9.17, 15) is 10.4 Å². The maximum atomic E-state index is 11.1. The Labute approximate surface area is 118 Å². The minimum atomic E-state index is -0.726. The SMILES string of the molecule is CCC1CCC(C#N)(C2(O)CCC(C)(C)CC2)CC1. The van der Waals surface area contributed by atoms with Gasteiger partial charge in [0.05, 0.1) is 17.1 Å². The minimum absolute atomic E-state index is 0.337. The molecule has 2 aliphatic rings. The molecule has 108 valence electrons. The van der Waals surface area contributed by atoms with Crippen molar-refractivity contribution in [3.63, 3.8) is 0 Å². The lowest BCUT2D eigenvalue weighted by atomic mass is 9.55. The van der Waals surface area contributed by atoms with Gasteiger partial charge >= 0.3 is 0 Å². The Morgan fingerprint density at radius 3 is 2.00 bits per heavy atom. The van der Waals surface area contributed by atoms with E-state index in [-0.39, 0.29) is 0 Å². The third kappa shape index (κ3) is 2.68. The molecule has 0 spiro atoms. The molecular weight excluding hydrogens is 234 g/mol. The third-order valence-electron chi connectivity index (χ3n) is 6.07. The van der Waals surface area contributed by atoms with Crippen molar-refractivity contribution in [2.75, 3.05) is 0 Å². The van der Waals surface area contributed by atoms with Gasteiger partial charge in [0.1, 0.15) is 0 Å².